The average Bonchev–Trinajstić information content (AvgIpc) is 2.32. The summed E-state index contributed by atoms with van der Waals surface area (Å²) in [4.78, 5) is 11.4. The topological polar surface area (TPSA) is 55.1 Å². The predicted molar refractivity (Wildman–Crippen MR) is 84.7 cm³/mol. The third-order valence-corrected chi connectivity index (χ3v) is 1.81. The number of hydrogen-bond acceptors (Lipinski definition) is 2. The van der Waals surface area contributed by atoms with Gasteiger partial charge in [-0.1, -0.05) is 62.3 Å². The molecule has 0 aromatic rings. The second-order valence-corrected chi connectivity index (χ2v) is 5.20. The van der Waals surface area contributed by atoms with E-state index in [2.05, 4.69) is 31.8 Å². The van der Waals surface area contributed by atoms with Crippen molar-refractivity contribution in [3.05, 3.63) is 0 Å². The summed E-state index contributed by atoms with van der Waals surface area (Å²) < 4.78 is 0. The summed E-state index contributed by atoms with van der Waals surface area (Å²) in [6.45, 7) is 18.4. The molecule has 3 nitrogen and oxygen atoms in total. The Kier molecular flexibility index (Phi) is 21.0. The largest absolute Gasteiger partial charge is 0.359 e. The SMILES string of the molecule is CC.CC.CN.CNC(=O)C(C)(C)CC(C)(C)C. The number of carbonyl (C=O) groups is 1. The molecule has 0 unspecified atom stereocenters. The summed E-state index contributed by atoms with van der Waals surface area (Å²) in [5.41, 5.74) is 4.45. The Morgan fingerprint density at radius 1 is 0.944 bits per heavy atom. The van der Waals surface area contributed by atoms with E-state index in [1.165, 1.54) is 7.05 Å². The third-order valence-electron chi connectivity index (χ3n) is 1.81. The second-order valence-electron chi connectivity index (χ2n) is 5.20. The van der Waals surface area contributed by atoms with Gasteiger partial charge in [-0.05, 0) is 18.9 Å². The van der Waals surface area contributed by atoms with Crippen molar-refractivity contribution in [3.63, 3.8) is 0 Å². The maximum atomic E-state index is 11.4. The van der Waals surface area contributed by atoms with Crippen molar-refractivity contribution < 1.29 is 4.79 Å². The Morgan fingerprint density at radius 2 is 1.22 bits per heavy atom. The molecule has 0 rings (SSSR count). The fourth-order valence-electron chi connectivity index (χ4n) is 1.74. The molecule has 0 saturated heterocycles. The first-order valence-electron chi connectivity index (χ1n) is 6.99. The molecule has 0 heterocycles. The van der Waals surface area contributed by atoms with Crippen molar-refractivity contribution >= 4 is 5.91 Å². The van der Waals surface area contributed by atoms with Crippen molar-refractivity contribution in [2.45, 2.75) is 68.7 Å². The van der Waals surface area contributed by atoms with Gasteiger partial charge >= 0.3 is 0 Å². The lowest BCUT2D eigenvalue weighted by Crippen LogP contribution is -2.37. The third kappa shape index (κ3) is 17.8. The fraction of sp³-hybridized carbons (Fsp3) is 0.933. The van der Waals surface area contributed by atoms with Crippen LogP contribution in [-0.4, -0.2) is 20.0 Å². The molecule has 0 aliphatic rings. The Morgan fingerprint density at radius 3 is 1.39 bits per heavy atom. The summed E-state index contributed by atoms with van der Waals surface area (Å²) >= 11 is 0. The van der Waals surface area contributed by atoms with Gasteiger partial charge in [-0.25, -0.2) is 0 Å². The van der Waals surface area contributed by atoms with Crippen LogP contribution in [0.5, 0.6) is 0 Å². The molecule has 0 aliphatic heterocycles. The van der Waals surface area contributed by atoms with Gasteiger partial charge in [0.15, 0.2) is 0 Å². The van der Waals surface area contributed by atoms with Gasteiger partial charge < -0.3 is 11.1 Å². The maximum absolute atomic E-state index is 11.4. The first-order chi connectivity index (χ1) is 8.19. The number of nitrogens with one attached hydrogen (secondary N) is 1. The van der Waals surface area contributed by atoms with E-state index in [1.807, 2.05) is 41.5 Å². The molecule has 0 atom stereocenters. The lowest BCUT2D eigenvalue weighted by atomic mass is 9.76. The van der Waals surface area contributed by atoms with E-state index in [0.717, 1.165) is 6.42 Å². The molecule has 0 aromatic heterocycles. The molecular formula is C15H38N2O. The second kappa shape index (κ2) is 14.5. The van der Waals surface area contributed by atoms with Crippen LogP contribution in [0.4, 0.5) is 0 Å². The van der Waals surface area contributed by atoms with Gasteiger partial charge in [0.1, 0.15) is 0 Å². The zero-order valence-electron chi connectivity index (χ0n) is 14.7. The molecule has 1 amide bonds. The Hall–Kier alpha value is -0.570. The van der Waals surface area contributed by atoms with Crippen molar-refractivity contribution in [3.8, 4) is 0 Å². The Balaban J connectivity index is -0.000000141. The van der Waals surface area contributed by atoms with E-state index in [9.17, 15) is 4.79 Å². The van der Waals surface area contributed by atoms with E-state index >= 15 is 0 Å². The van der Waals surface area contributed by atoms with Gasteiger partial charge in [-0.15, -0.1) is 0 Å². The molecule has 0 aromatic carbocycles. The molecule has 114 valence electrons. The molecule has 0 aliphatic carbocycles. The summed E-state index contributed by atoms with van der Waals surface area (Å²) in [6.07, 6.45) is 0.902. The standard InChI is InChI=1S/C10H21NO.2C2H6.CH5N/c1-9(2,3)7-10(4,5)8(12)11-6;3*1-2/h7H2,1-6H3,(H,11,12);2*1-2H3;2H2,1H3. The highest BCUT2D eigenvalue weighted by Gasteiger charge is 2.31. The molecular weight excluding hydrogens is 224 g/mol. The van der Waals surface area contributed by atoms with Crippen LogP contribution in [0.3, 0.4) is 0 Å². The normalized spacial score (nSPS) is 9.56. The highest BCUT2D eigenvalue weighted by atomic mass is 16.2. The van der Waals surface area contributed by atoms with Crippen molar-refractivity contribution in [2.75, 3.05) is 14.1 Å². The van der Waals surface area contributed by atoms with Crippen molar-refractivity contribution in [1.29, 1.82) is 0 Å². The van der Waals surface area contributed by atoms with Crippen LogP contribution in [0, 0.1) is 10.8 Å². The highest BCUT2D eigenvalue weighted by Crippen LogP contribution is 2.32. The van der Waals surface area contributed by atoms with E-state index in [0.29, 0.717) is 0 Å². The monoisotopic (exact) mass is 262 g/mol. The van der Waals surface area contributed by atoms with Crippen LogP contribution in [0.25, 0.3) is 0 Å². The van der Waals surface area contributed by atoms with E-state index in [-0.39, 0.29) is 16.7 Å². The number of carbonyl (C=O) groups excluding carboxylic acids is 1. The van der Waals surface area contributed by atoms with Gasteiger partial charge in [-0.3, -0.25) is 4.79 Å². The first kappa shape index (κ1) is 26.1. The van der Waals surface area contributed by atoms with Gasteiger partial charge in [0.2, 0.25) is 5.91 Å². The number of rotatable bonds is 2. The van der Waals surface area contributed by atoms with E-state index < -0.39 is 0 Å². The lowest BCUT2D eigenvalue weighted by molar-refractivity contribution is -0.130. The number of amides is 1. The highest BCUT2D eigenvalue weighted by molar-refractivity contribution is 5.81. The summed E-state index contributed by atoms with van der Waals surface area (Å²) in [7, 11) is 3.19. The molecule has 0 radical (unpaired) electrons. The zero-order chi connectivity index (χ0) is 16.0. The molecule has 0 bridgehead atoms. The molecule has 3 heteroatoms. The van der Waals surface area contributed by atoms with Gasteiger partial charge in [0.25, 0.3) is 0 Å². The quantitative estimate of drug-likeness (QED) is 0.795. The summed E-state index contributed by atoms with van der Waals surface area (Å²) in [5, 5.41) is 2.69. The summed E-state index contributed by atoms with van der Waals surface area (Å²) in [5.74, 6) is 0.123. The fourth-order valence-corrected chi connectivity index (χ4v) is 1.74. The van der Waals surface area contributed by atoms with Crippen LogP contribution in [0.1, 0.15) is 68.7 Å². The molecule has 18 heavy (non-hydrogen) atoms. The van der Waals surface area contributed by atoms with E-state index in [1.54, 1.807) is 7.05 Å². The minimum absolute atomic E-state index is 0.123. The predicted octanol–water partition coefficient (Wildman–Crippen LogP) is 3.82. The van der Waals surface area contributed by atoms with Crippen molar-refractivity contribution in [1.82, 2.24) is 5.32 Å². The minimum Gasteiger partial charge on any atom is -0.359 e. The molecule has 0 spiro atoms. The molecule has 0 fully saturated rings. The zero-order valence-corrected chi connectivity index (χ0v) is 14.7. The molecule has 0 saturated carbocycles. The van der Waals surface area contributed by atoms with Gasteiger partial charge in [0.05, 0.1) is 0 Å². The Labute approximate surface area is 116 Å². The van der Waals surface area contributed by atoms with Gasteiger partial charge in [0, 0.05) is 12.5 Å². The first-order valence-corrected chi connectivity index (χ1v) is 6.99. The van der Waals surface area contributed by atoms with Gasteiger partial charge in [-0.2, -0.15) is 0 Å². The van der Waals surface area contributed by atoms with Crippen LogP contribution in [0.2, 0.25) is 0 Å². The van der Waals surface area contributed by atoms with E-state index in [4.69, 9.17) is 0 Å². The summed E-state index contributed by atoms with van der Waals surface area (Å²) in [6, 6.07) is 0. The maximum Gasteiger partial charge on any atom is 0.225 e. The van der Waals surface area contributed by atoms with Crippen LogP contribution in [0.15, 0.2) is 0 Å². The van der Waals surface area contributed by atoms with Crippen LogP contribution >= 0.6 is 0 Å². The Bertz CT molecular complexity index is 170. The lowest BCUT2D eigenvalue weighted by Gasteiger charge is -2.30. The minimum atomic E-state index is -0.257. The van der Waals surface area contributed by atoms with Crippen LogP contribution in [-0.2, 0) is 4.79 Å². The smallest absolute Gasteiger partial charge is 0.225 e. The number of nitrogens with two attached hydrogens (primary N) is 1. The average molecular weight is 262 g/mol. The molecule has 3 N–H and O–H groups in total. The van der Waals surface area contributed by atoms with Crippen LogP contribution < -0.4 is 11.1 Å². The number of hydrogen-bond donors (Lipinski definition) is 2. The van der Waals surface area contributed by atoms with Crippen molar-refractivity contribution in [2.24, 2.45) is 16.6 Å².